The van der Waals surface area contributed by atoms with E-state index in [1.807, 2.05) is 26.8 Å². The quantitative estimate of drug-likeness (QED) is 0.830. The molecule has 23 heavy (non-hydrogen) atoms. The highest BCUT2D eigenvalue weighted by atomic mass is 16.6. The third-order valence-electron chi connectivity index (χ3n) is 4.24. The minimum atomic E-state index is -0.461. The van der Waals surface area contributed by atoms with Crippen LogP contribution in [0.5, 0.6) is 0 Å². The molecule has 128 valence electrons. The molecule has 1 aromatic rings. The fourth-order valence-electron chi connectivity index (χ4n) is 2.87. The molecule has 1 fully saturated rings. The molecule has 1 aliphatic rings. The Morgan fingerprint density at radius 1 is 1.35 bits per heavy atom. The van der Waals surface area contributed by atoms with Crippen molar-refractivity contribution in [2.45, 2.75) is 65.3 Å². The second-order valence-electron chi connectivity index (χ2n) is 7.47. The van der Waals surface area contributed by atoms with E-state index in [-0.39, 0.29) is 11.7 Å². The van der Waals surface area contributed by atoms with Crippen molar-refractivity contribution in [2.24, 2.45) is 0 Å². The lowest BCUT2D eigenvalue weighted by Gasteiger charge is -2.29. The van der Waals surface area contributed by atoms with Crippen molar-refractivity contribution in [3.8, 4) is 0 Å². The van der Waals surface area contributed by atoms with Crippen molar-refractivity contribution in [1.82, 2.24) is 4.90 Å². The van der Waals surface area contributed by atoms with Crippen LogP contribution in [0.1, 0.15) is 51.7 Å². The molecule has 1 aromatic carbocycles. The van der Waals surface area contributed by atoms with Gasteiger partial charge in [-0.25, -0.2) is 4.79 Å². The summed E-state index contributed by atoms with van der Waals surface area (Å²) in [7, 11) is 0. The molecule has 0 radical (unpaired) electrons. The largest absolute Gasteiger partial charge is 0.444 e. The van der Waals surface area contributed by atoms with Crippen molar-refractivity contribution >= 4 is 6.09 Å². The lowest BCUT2D eigenvalue weighted by atomic mass is 9.99. The Morgan fingerprint density at radius 3 is 2.70 bits per heavy atom. The fourth-order valence-corrected chi connectivity index (χ4v) is 2.87. The summed E-state index contributed by atoms with van der Waals surface area (Å²) < 4.78 is 11.7. The lowest BCUT2D eigenvalue weighted by Crippen LogP contribution is -2.40. The average Bonchev–Trinajstić information content (AvgIpc) is 2.89. The van der Waals surface area contributed by atoms with E-state index in [1.165, 1.54) is 11.1 Å². The summed E-state index contributed by atoms with van der Waals surface area (Å²) in [5.41, 5.74) is 1.68. The number of amides is 1. The Hall–Kier alpha value is -1.55. The maximum atomic E-state index is 12.2. The van der Waals surface area contributed by atoms with Crippen molar-refractivity contribution in [1.29, 1.82) is 0 Å². The van der Waals surface area contributed by atoms with Gasteiger partial charge in [0.1, 0.15) is 5.60 Å². The predicted octanol–water partition coefficient (Wildman–Crippen LogP) is 4.30. The van der Waals surface area contributed by atoms with Crippen LogP contribution in [0.15, 0.2) is 24.3 Å². The van der Waals surface area contributed by atoms with E-state index >= 15 is 0 Å². The third-order valence-corrected chi connectivity index (χ3v) is 4.24. The molecular formula is C19H29NO3. The maximum absolute atomic E-state index is 12.2. The SMILES string of the molecule is CCC1(OCc2cccc(C)c2)CCN(C(=O)OC(C)(C)C)C1. The molecule has 4 heteroatoms. The summed E-state index contributed by atoms with van der Waals surface area (Å²) in [4.78, 5) is 14.0. The Balaban J connectivity index is 1.96. The normalized spacial score (nSPS) is 21.5. The molecule has 2 rings (SSSR count). The average molecular weight is 319 g/mol. The first-order valence-electron chi connectivity index (χ1n) is 8.40. The summed E-state index contributed by atoms with van der Waals surface area (Å²) in [6.07, 6.45) is 1.50. The van der Waals surface area contributed by atoms with Crippen LogP contribution >= 0.6 is 0 Å². The molecule has 0 aromatic heterocycles. The molecule has 0 aliphatic carbocycles. The number of carbonyl (C=O) groups excluding carboxylic acids is 1. The fraction of sp³-hybridized carbons (Fsp3) is 0.632. The van der Waals surface area contributed by atoms with E-state index in [0.29, 0.717) is 19.7 Å². The minimum absolute atomic E-state index is 0.244. The van der Waals surface area contributed by atoms with Crippen LogP contribution in [0.25, 0.3) is 0 Å². The van der Waals surface area contributed by atoms with Gasteiger partial charge in [0.05, 0.1) is 18.8 Å². The van der Waals surface area contributed by atoms with Crippen molar-refractivity contribution in [3.63, 3.8) is 0 Å². The number of hydrogen-bond donors (Lipinski definition) is 0. The van der Waals surface area contributed by atoms with E-state index in [4.69, 9.17) is 9.47 Å². The van der Waals surface area contributed by atoms with Crippen LogP contribution in [0.3, 0.4) is 0 Å². The van der Waals surface area contributed by atoms with Gasteiger partial charge in [0.15, 0.2) is 0 Å². The van der Waals surface area contributed by atoms with E-state index in [9.17, 15) is 4.79 Å². The first-order valence-corrected chi connectivity index (χ1v) is 8.40. The number of ether oxygens (including phenoxy) is 2. The zero-order chi connectivity index (χ0) is 17.1. The number of benzene rings is 1. The molecule has 1 unspecified atom stereocenters. The zero-order valence-corrected chi connectivity index (χ0v) is 15.0. The molecule has 0 bridgehead atoms. The van der Waals surface area contributed by atoms with Crippen LogP contribution in [-0.4, -0.2) is 35.3 Å². The standard InChI is InChI=1S/C19H29NO3/c1-6-19(22-13-16-9-7-8-15(2)12-16)10-11-20(14-19)17(21)23-18(3,4)5/h7-9,12H,6,10-11,13-14H2,1-5H3. The van der Waals surface area contributed by atoms with Gasteiger partial charge < -0.3 is 14.4 Å². The number of carbonyl (C=O) groups is 1. The number of aryl methyl sites for hydroxylation is 1. The van der Waals surface area contributed by atoms with Gasteiger partial charge in [0.25, 0.3) is 0 Å². The minimum Gasteiger partial charge on any atom is -0.444 e. The molecular weight excluding hydrogens is 290 g/mol. The number of rotatable bonds is 4. The maximum Gasteiger partial charge on any atom is 0.410 e. The molecule has 1 amide bonds. The van der Waals surface area contributed by atoms with Crippen LogP contribution < -0.4 is 0 Å². The third kappa shape index (κ3) is 4.96. The monoisotopic (exact) mass is 319 g/mol. The van der Waals surface area contributed by atoms with Crippen LogP contribution in [0.2, 0.25) is 0 Å². The summed E-state index contributed by atoms with van der Waals surface area (Å²) in [6, 6.07) is 8.36. The van der Waals surface area contributed by atoms with Gasteiger partial charge in [0, 0.05) is 6.54 Å². The van der Waals surface area contributed by atoms with Gasteiger partial charge in [-0.15, -0.1) is 0 Å². The Bertz CT molecular complexity index is 550. The highest BCUT2D eigenvalue weighted by molar-refractivity contribution is 5.68. The summed E-state index contributed by atoms with van der Waals surface area (Å²) in [5, 5.41) is 0. The summed E-state index contributed by atoms with van der Waals surface area (Å²) in [6.45, 7) is 11.7. The van der Waals surface area contributed by atoms with Crippen LogP contribution in [0.4, 0.5) is 4.79 Å². The van der Waals surface area contributed by atoms with Gasteiger partial charge in [0.2, 0.25) is 0 Å². The first kappa shape index (κ1) is 17.8. The van der Waals surface area contributed by atoms with Gasteiger partial charge in [-0.1, -0.05) is 36.8 Å². The van der Waals surface area contributed by atoms with E-state index in [2.05, 4.69) is 32.0 Å². The molecule has 0 spiro atoms. The highest BCUT2D eigenvalue weighted by Crippen LogP contribution is 2.31. The predicted molar refractivity (Wildman–Crippen MR) is 91.4 cm³/mol. The molecule has 1 atom stereocenters. The van der Waals surface area contributed by atoms with Gasteiger partial charge in [-0.3, -0.25) is 0 Å². The van der Waals surface area contributed by atoms with Gasteiger partial charge >= 0.3 is 6.09 Å². The number of hydrogen-bond acceptors (Lipinski definition) is 3. The van der Waals surface area contributed by atoms with E-state index < -0.39 is 5.60 Å². The Morgan fingerprint density at radius 2 is 2.09 bits per heavy atom. The molecule has 1 heterocycles. The molecule has 1 saturated heterocycles. The highest BCUT2D eigenvalue weighted by Gasteiger charge is 2.40. The van der Waals surface area contributed by atoms with Crippen LogP contribution in [-0.2, 0) is 16.1 Å². The van der Waals surface area contributed by atoms with Gasteiger partial charge in [-0.2, -0.15) is 0 Å². The summed E-state index contributed by atoms with van der Waals surface area (Å²) >= 11 is 0. The Labute approximate surface area is 139 Å². The molecule has 4 nitrogen and oxygen atoms in total. The van der Waals surface area contributed by atoms with Crippen molar-refractivity contribution < 1.29 is 14.3 Å². The second-order valence-corrected chi connectivity index (χ2v) is 7.47. The first-order chi connectivity index (χ1) is 10.7. The number of likely N-dealkylation sites (tertiary alicyclic amines) is 1. The van der Waals surface area contributed by atoms with Crippen molar-refractivity contribution in [2.75, 3.05) is 13.1 Å². The van der Waals surface area contributed by atoms with Gasteiger partial charge in [-0.05, 0) is 46.1 Å². The van der Waals surface area contributed by atoms with Crippen LogP contribution in [0, 0.1) is 6.92 Å². The van der Waals surface area contributed by atoms with E-state index in [0.717, 1.165) is 12.8 Å². The van der Waals surface area contributed by atoms with Crippen molar-refractivity contribution in [3.05, 3.63) is 35.4 Å². The smallest absolute Gasteiger partial charge is 0.410 e. The molecule has 0 N–H and O–H groups in total. The molecule has 0 saturated carbocycles. The zero-order valence-electron chi connectivity index (χ0n) is 15.0. The van der Waals surface area contributed by atoms with E-state index in [1.54, 1.807) is 4.90 Å². The Kier molecular flexibility index (Phi) is 5.35. The summed E-state index contributed by atoms with van der Waals surface area (Å²) in [5.74, 6) is 0. The molecule has 1 aliphatic heterocycles. The second kappa shape index (κ2) is 6.91. The number of nitrogens with zero attached hydrogens (tertiary/aromatic N) is 1. The lowest BCUT2D eigenvalue weighted by molar-refractivity contribution is -0.0528. The topological polar surface area (TPSA) is 38.8 Å².